The molecule has 0 atom stereocenters. The predicted octanol–water partition coefficient (Wildman–Crippen LogP) is 1.80. The van der Waals surface area contributed by atoms with E-state index < -0.39 is 9.84 Å². The molecule has 1 aromatic carbocycles. The molecule has 0 saturated carbocycles. The maximum atomic E-state index is 12.1. The Bertz CT molecular complexity index is 611. The van der Waals surface area contributed by atoms with Gasteiger partial charge in [0, 0.05) is 6.42 Å². The second-order valence-electron chi connectivity index (χ2n) is 3.90. The van der Waals surface area contributed by atoms with Gasteiger partial charge in [-0.2, -0.15) is 0 Å². The van der Waals surface area contributed by atoms with E-state index in [0.717, 1.165) is 0 Å². The minimum Gasteiger partial charge on any atom is -0.497 e. The average molecular weight is 252 g/mol. The topological polar surface area (TPSA) is 60.4 Å². The minimum atomic E-state index is -3.48. The van der Waals surface area contributed by atoms with Gasteiger partial charge in [-0.3, -0.25) is 4.79 Å². The number of allylic oxidation sites excluding steroid dienone is 1. The number of methoxy groups -OCH3 is 1. The Morgan fingerprint density at radius 2 is 2.06 bits per heavy atom. The zero-order chi connectivity index (χ0) is 12.6. The third kappa shape index (κ3) is 1.98. The number of Topliss-reactive ketones (excluding diaryl/α,β-unsaturated/α-hetero) is 1. The molecule has 5 heteroatoms. The first-order valence-corrected chi connectivity index (χ1v) is 6.56. The Hall–Kier alpha value is -1.62. The van der Waals surface area contributed by atoms with Gasteiger partial charge in [0.1, 0.15) is 11.5 Å². The van der Waals surface area contributed by atoms with E-state index in [1.54, 1.807) is 12.1 Å². The summed E-state index contributed by atoms with van der Waals surface area (Å²) in [5, 5.41) is 0. The van der Waals surface area contributed by atoms with Crippen molar-refractivity contribution in [1.82, 2.24) is 0 Å². The van der Waals surface area contributed by atoms with Crippen molar-refractivity contribution < 1.29 is 17.9 Å². The molecule has 0 unspecified atom stereocenters. The first-order valence-electron chi connectivity index (χ1n) is 5.08. The molecule has 1 aromatic rings. The van der Waals surface area contributed by atoms with Crippen molar-refractivity contribution in [1.29, 1.82) is 0 Å². The summed E-state index contributed by atoms with van der Waals surface area (Å²) < 4.78 is 29.1. The predicted molar refractivity (Wildman–Crippen MR) is 63.5 cm³/mol. The number of carbonyl (C=O) groups excluding carboxylic acids is 1. The SMILES string of the molecule is COc1ccc2c(c1)C=C(CC(C)=O)S2(=O)=O. The number of carbonyl (C=O) groups is 1. The number of ketones is 1. The fraction of sp³-hybridized carbons (Fsp3) is 0.250. The molecule has 0 N–H and O–H groups in total. The van der Waals surface area contributed by atoms with E-state index in [1.165, 1.54) is 26.2 Å². The number of sulfone groups is 1. The van der Waals surface area contributed by atoms with Crippen molar-refractivity contribution in [2.45, 2.75) is 18.2 Å². The molecule has 0 bridgehead atoms. The Morgan fingerprint density at radius 1 is 1.35 bits per heavy atom. The van der Waals surface area contributed by atoms with E-state index in [1.807, 2.05) is 0 Å². The van der Waals surface area contributed by atoms with Crippen molar-refractivity contribution in [3.63, 3.8) is 0 Å². The van der Waals surface area contributed by atoms with E-state index in [2.05, 4.69) is 0 Å². The summed E-state index contributed by atoms with van der Waals surface area (Å²) in [7, 11) is -1.96. The van der Waals surface area contributed by atoms with Crippen molar-refractivity contribution >= 4 is 21.7 Å². The van der Waals surface area contributed by atoms with Gasteiger partial charge in [0.15, 0.2) is 0 Å². The molecule has 0 fully saturated rings. The molecular weight excluding hydrogens is 240 g/mol. The van der Waals surface area contributed by atoms with Crippen molar-refractivity contribution in [3.05, 3.63) is 28.7 Å². The molecule has 1 heterocycles. The summed E-state index contributed by atoms with van der Waals surface area (Å²) >= 11 is 0. The van der Waals surface area contributed by atoms with Gasteiger partial charge < -0.3 is 4.74 Å². The maximum absolute atomic E-state index is 12.1. The average Bonchev–Trinajstić information content (AvgIpc) is 2.49. The van der Waals surface area contributed by atoms with Crippen LogP contribution in [0.3, 0.4) is 0 Å². The van der Waals surface area contributed by atoms with Crippen molar-refractivity contribution in [2.75, 3.05) is 7.11 Å². The molecule has 1 aliphatic rings. The highest BCUT2D eigenvalue weighted by Crippen LogP contribution is 2.36. The normalized spacial score (nSPS) is 16.2. The molecule has 90 valence electrons. The van der Waals surface area contributed by atoms with E-state index in [4.69, 9.17) is 4.74 Å². The van der Waals surface area contributed by atoms with Gasteiger partial charge in [0.25, 0.3) is 0 Å². The fourth-order valence-corrected chi connectivity index (χ4v) is 3.43. The van der Waals surface area contributed by atoms with E-state index >= 15 is 0 Å². The zero-order valence-corrected chi connectivity index (χ0v) is 10.4. The highest BCUT2D eigenvalue weighted by atomic mass is 32.2. The molecule has 1 aliphatic heterocycles. The first-order chi connectivity index (χ1) is 7.95. The molecule has 0 spiro atoms. The molecule has 0 amide bonds. The number of fused-ring (bicyclic) bond motifs is 1. The summed E-state index contributed by atoms with van der Waals surface area (Å²) in [4.78, 5) is 11.4. The molecule has 17 heavy (non-hydrogen) atoms. The lowest BCUT2D eigenvalue weighted by atomic mass is 10.2. The van der Waals surface area contributed by atoms with E-state index in [-0.39, 0.29) is 22.0 Å². The fourth-order valence-electron chi connectivity index (χ4n) is 1.79. The summed E-state index contributed by atoms with van der Waals surface area (Å²) in [6, 6.07) is 4.76. The second kappa shape index (κ2) is 4.00. The lowest BCUT2D eigenvalue weighted by Crippen LogP contribution is -2.04. The summed E-state index contributed by atoms with van der Waals surface area (Å²) in [6.45, 7) is 1.37. The number of hydrogen-bond donors (Lipinski definition) is 0. The van der Waals surface area contributed by atoms with Crippen molar-refractivity contribution in [2.24, 2.45) is 0 Å². The molecule has 0 aromatic heterocycles. The third-order valence-corrected chi connectivity index (χ3v) is 4.49. The Labute approximate surface area is 99.8 Å². The van der Waals surface area contributed by atoms with Crippen LogP contribution in [0.1, 0.15) is 18.9 Å². The van der Waals surface area contributed by atoms with Crippen LogP contribution >= 0.6 is 0 Å². The molecule has 0 radical (unpaired) electrons. The third-order valence-electron chi connectivity index (χ3n) is 2.59. The smallest absolute Gasteiger partial charge is 0.203 e. The van der Waals surface area contributed by atoms with Crippen LogP contribution in [0.4, 0.5) is 0 Å². The van der Waals surface area contributed by atoms with Crippen LogP contribution in [0.2, 0.25) is 0 Å². The van der Waals surface area contributed by atoms with Crippen LogP contribution in [-0.2, 0) is 14.6 Å². The van der Waals surface area contributed by atoms with E-state index in [9.17, 15) is 13.2 Å². The van der Waals surface area contributed by atoms with Crippen LogP contribution < -0.4 is 4.74 Å². The maximum Gasteiger partial charge on any atom is 0.203 e. The Kier molecular flexibility index (Phi) is 2.79. The minimum absolute atomic E-state index is 0.0562. The highest BCUT2D eigenvalue weighted by Gasteiger charge is 2.30. The van der Waals surface area contributed by atoms with Crippen LogP contribution in [0.25, 0.3) is 6.08 Å². The highest BCUT2D eigenvalue weighted by molar-refractivity contribution is 7.95. The zero-order valence-electron chi connectivity index (χ0n) is 9.56. The molecule has 0 aliphatic carbocycles. The van der Waals surface area contributed by atoms with Crippen LogP contribution in [0.5, 0.6) is 5.75 Å². The van der Waals surface area contributed by atoms with Crippen LogP contribution in [-0.4, -0.2) is 21.3 Å². The Morgan fingerprint density at radius 3 is 2.65 bits per heavy atom. The van der Waals surface area contributed by atoms with Gasteiger partial charge >= 0.3 is 0 Å². The molecule has 2 rings (SSSR count). The summed E-state index contributed by atoms with van der Waals surface area (Å²) in [5.74, 6) is 0.430. The number of benzene rings is 1. The van der Waals surface area contributed by atoms with Gasteiger partial charge in [-0.1, -0.05) is 0 Å². The van der Waals surface area contributed by atoms with Crippen molar-refractivity contribution in [3.8, 4) is 5.75 Å². The first kappa shape index (κ1) is 11.9. The largest absolute Gasteiger partial charge is 0.497 e. The molecular formula is C12H12O4S. The number of ether oxygens (including phenoxy) is 1. The van der Waals surface area contributed by atoms with Crippen LogP contribution in [0.15, 0.2) is 28.0 Å². The molecule has 0 saturated heterocycles. The molecule has 4 nitrogen and oxygen atoms in total. The quantitative estimate of drug-likeness (QED) is 0.823. The van der Waals surface area contributed by atoms with Gasteiger partial charge in [0.2, 0.25) is 9.84 Å². The van der Waals surface area contributed by atoms with E-state index in [0.29, 0.717) is 11.3 Å². The lowest BCUT2D eigenvalue weighted by molar-refractivity contribution is -0.116. The number of rotatable bonds is 3. The standard InChI is InChI=1S/C12H12O4S/c1-8(13)5-11-7-9-6-10(16-2)3-4-12(9)17(11,14)15/h3-4,6-7H,5H2,1-2H3. The van der Waals surface area contributed by atoms with Gasteiger partial charge in [-0.05, 0) is 36.8 Å². The van der Waals surface area contributed by atoms with Gasteiger partial charge in [0.05, 0.1) is 16.9 Å². The second-order valence-corrected chi connectivity index (χ2v) is 5.87. The number of hydrogen-bond acceptors (Lipinski definition) is 4. The Balaban J connectivity index is 2.53. The van der Waals surface area contributed by atoms with Gasteiger partial charge in [-0.25, -0.2) is 8.42 Å². The van der Waals surface area contributed by atoms with Gasteiger partial charge in [-0.15, -0.1) is 0 Å². The monoisotopic (exact) mass is 252 g/mol. The summed E-state index contributed by atoms with van der Waals surface area (Å²) in [5.41, 5.74) is 0.584. The lowest BCUT2D eigenvalue weighted by Gasteiger charge is -2.03. The summed E-state index contributed by atoms with van der Waals surface area (Å²) in [6.07, 6.45) is 1.48. The van der Waals surface area contributed by atoms with Crippen LogP contribution in [0, 0.1) is 0 Å².